The van der Waals surface area contributed by atoms with Gasteiger partial charge in [0.15, 0.2) is 0 Å². The van der Waals surface area contributed by atoms with Gasteiger partial charge in [0.2, 0.25) is 0 Å². The molecule has 0 bridgehead atoms. The Balaban J connectivity index is 1.95. The highest BCUT2D eigenvalue weighted by atomic mass is 16.2. The van der Waals surface area contributed by atoms with Crippen LogP contribution in [-0.4, -0.2) is 20.7 Å². The molecule has 1 N–H and O–H groups in total. The second-order valence-electron chi connectivity index (χ2n) is 4.70. The molecule has 0 spiro atoms. The van der Waals surface area contributed by atoms with Crippen LogP contribution in [0.25, 0.3) is 0 Å². The highest BCUT2D eigenvalue weighted by Gasteiger charge is 2.05. The van der Waals surface area contributed by atoms with Crippen LogP contribution in [0.2, 0.25) is 0 Å². The van der Waals surface area contributed by atoms with Crippen molar-refractivity contribution < 1.29 is 0 Å². The third kappa shape index (κ3) is 3.21. The van der Waals surface area contributed by atoms with Crippen molar-refractivity contribution in [2.45, 2.75) is 13.0 Å². The molecular weight excluding hydrogens is 256 g/mol. The Kier molecular flexibility index (Phi) is 4.47. The fourth-order valence-electron chi connectivity index (χ4n) is 2.01. The first kappa shape index (κ1) is 14.2. The average molecular weight is 274 g/mol. The highest BCUT2D eigenvalue weighted by molar-refractivity contribution is 5.09. The van der Waals surface area contributed by atoms with Gasteiger partial charge in [0.25, 0.3) is 5.56 Å². The van der Waals surface area contributed by atoms with Crippen molar-refractivity contribution in [3.05, 3.63) is 62.7 Å². The molecule has 2 aromatic heterocycles. The second-order valence-corrected chi connectivity index (χ2v) is 4.70. The lowest BCUT2D eigenvalue weighted by Gasteiger charge is -2.08. The predicted molar refractivity (Wildman–Crippen MR) is 76.6 cm³/mol. The van der Waals surface area contributed by atoms with Gasteiger partial charge in [-0.15, -0.1) is 0 Å². The van der Waals surface area contributed by atoms with E-state index in [9.17, 15) is 9.59 Å². The molecule has 6 heteroatoms. The summed E-state index contributed by atoms with van der Waals surface area (Å²) in [7, 11) is 3.13. The predicted octanol–water partition coefficient (Wildman–Crippen LogP) is -0.189. The largest absolute Gasteiger partial charge is 0.330 e. The molecule has 0 atom stereocenters. The lowest BCUT2D eigenvalue weighted by atomic mass is 10.2. The Morgan fingerprint density at radius 3 is 2.80 bits per heavy atom. The molecule has 20 heavy (non-hydrogen) atoms. The minimum absolute atomic E-state index is 0.248. The summed E-state index contributed by atoms with van der Waals surface area (Å²) >= 11 is 0. The van der Waals surface area contributed by atoms with Crippen molar-refractivity contribution in [1.29, 1.82) is 0 Å². The number of nitrogens with zero attached hydrogens (tertiary/aromatic N) is 3. The van der Waals surface area contributed by atoms with E-state index < -0.39 is 0 Å². The van der Waals surface area contributed by atoms with Crippen LogP contribution in [0.3, 0.4) is 0 Å². The lowest BCUT2D eigenvalue weighted by molar-refractivity contribution is 0.629. The molecule has 106 valence electrons. The maximum absolute atomic E-state index is 11.9. The van der Waals surface area contributed by atoms with Crippen molar-refractivity contribution in [3.63, 3.8) is 0 Å². The van der Waals surface area contributed by atoms with E-state index in [1.165, 1.54) is 11.6 Å². The van der Waals surface area contributed by atoms with Crippen molar-refractivity contribution >= 4 is 0 Å². The zero-order valence-electron chi connectivity index (χ0n) is 11.7. The van der Waals surface area contributed by atoms with Gasteiger partial charge >= 0.3 is 5.69 Å². The van der Waals surface area contributed by atoms with Gasteiger partial charge in [-0.05, 0) is 24.6 Å². The number of nitrogens with one attached hydrogen (secondary N) is 1. The number of hydrogen-bond donors (Lipinski definition) is 1. The molecule has 0 saturated heterocycles. The van der Waals surface area contributed by atoms with Crippen LogP contribution in [0.5, 0.6) is 0 Å². The number of aromatic nitrogens is 3. The maximum Gasteiger partial charge on any atom is 0.330 e. The first-order valence-electron chi connectivity index (χ1n) is 6.44. The SMILES string of the molecule is Cn1cc(CNCCc2cccnc2)c(=O)n(C)c1=O. The average Bonchev–Trinajstić information content (AvgIpc) is 2.47. The molecule has 2 heterocycles. The normalized spacial score (nSPS) is 10.7. The van der Waals surface area contributed by atoms with E-state index in [0.717, 1.165) is 23.1 Å². The molecule has 0 aliphatic heterocycles. The van der Waals surface area contributed by atoms with Gasteiger partial charge < -0.3 is 9.88 Å². The van der Waals surface area contributed by atoms with E-state index in [1.807, 2.05) is 18.3 Å². The van der Waals surface area contributed by atoms with Gasteiger partial charge in [-0.3, -0.25) is 14.3 Å². The molecule has 2 rings (SSSR count). The summed E-state index contributed by atoms with van der Waals surface area (Å²) in [5, 5.41) is 3.21. The molecule has 0 aromatic carbocycles. The van der Waals surface area contributed by atoms with E-state index in [1.54, 1.807) is 19.4 Å². The van der Waals surface area contributed by atoms with Crippen molar-refractivity contribution in [3.8, 4) is 0 Å². The van der Waals surface area contributed by atoms with E-state index in [2.05, 4.69) is 10.3 Å². The van der Waals surface area contributed by atoms with Crippen LogP contribution in [0.1, 0.15) is 11.1 Å². The van der Waals surface area contributed by atoms with Crippen LogP contribution in [0.15, 0.2) is 40.3 Å². The first-order valence-corrected chi connectivity index (χ1v) is 6.44. The van der Waals surface area contributed by atoms with E-state index >= 15 is 0 Å². The maximum atomic E-state index is 11.9. The van der Waals surface area contributed by atoms with Crippen LogP contribution < -0.4 is 16.6 Å². The summed E-state index contributed by atoms with van der Waals surface area (Å²) in [6, 6.07) is 3.91. The molecule has 0 fully saturated rings. The number of rotatable bonds is 5. The van der Waals surface area contributed by atoms with Crippen LogP contribution in [0.4, 0.5) is 0 Å². The van der Waals surface area contributed by atoms with Crippen molar-refractivity contribution in [1.82, 2.24) is 19.4 Å². The zero-order valence-corrected chi connectivity index (χ0v) is 11.7. The summed E-state index contributed by atoms with van der Waals surface area (Å²) < 4.78 is 2.54. The Labute approximate surface area is 116 Å². The Bertz CT molecular complexity index is 689. The minimum atomic E-state index is -0.311. The summed E-state index contributed by atoms with van der Waals surface area (Å²) in [5.74, 6) is 0. The van der Waals surface area contributed by atoms with Crippen LogP contribution in [0, 0.1) is 0 Å². The van der Waals surface area contributed by atoms with Gasteiger partial charge in [0.05, 0.1) is 0 Å². The molecule has 0 amide bonds. The van der Waals surface area contributed by atoms with Gasteiger partial charge in [0, 0.05) is 44.8 Å². The number of hydrogen-bond acceptors (Lipinski definition) is 4. The summed E-state index contributed by atoms with van der Waals surface area (Å²) in [5.41, 5.74) is 1.17. The highest BCUT2D eigenvalue weighted by Crippen LogP contribution is 1.96. The molecule has 0 aliphatic carbocycles. The quantitative estimate of drug-likeness (QED) is 0.767. The lowest BCUT2D eigenvalue weighted by Crippen LogP contribution is -2.39. The molecule has 6 nitrogen and oxygen atoms in total. The first-order chi connectivity index (χ1) is 9.59. The fraction of sp³-hybridized carbons (Fsp3) is 0.357. The van der Waals surface area contributed by atoms with Gasteiger partial charge in [-0.2, -0.15) is 0 Å². The number of pyridine rings is 1. The molecular formula is C14H18N4O2. The summed E-state index contributed by atoms with van der Waals surface area (Å²) in [6.07, 6.45) is 6.00. The fourth-order valence-corrected chi connectivity index (χ4v) is 2.01. The molecule has 0 aliphatic rings. The third-order valence-corrected chi connectivity index (χ3v) is 3.15. The van der Waals surface area contributed by atoms with Crippen molar-refractivity contribution in [2.75, 3.05) is 6.54 Å². The Morgan fingerprint density at radius 2 is 2.10 bits per heavy atom. The molecule has 0 radical (unpaired) electrons. The van der Waals surface area contributed by atoms with E-state index in [-0.39, 0.29) is 11.2 Å². The van der Waals surface area contributed by atoms with Gasteiger partial charge in [-0.1, -0.05) is 6.07 Å². The van der Waals surface area contributed by atoms with Gasteiger partial charge in [0.1, 0.15) is 0 Å². The molecule has 2 aromatic rings. The summed E-state index contributed by atoms with van der Waals surface area (Å²) in [4.78, 5) is 27.5. The minimum Gasteiger partial charge on any atom is -0.312 e. The zero-order chi connectivity index (χ0) is 14.5. The molecule has 0 unspecified atom stereocenters. The van der Waals surface area contributed by atoms with Crippen LogP contribution >= 0.6 is 0 Å². The Hall–Kier alpha value is -2.21. The Morgan fingerprint density at radius 1 is 1.30 bits per heavy atom. The topological polar surface area (TPSA) is 68.9 Å². The van der Waals surface area contributed by atoms with Gasteiger partial charge in [-0.25, -0.2) is 4.79 Å². The monoisotopic (exact) mass is 274 g/mol. The van der Waals surface area contributed by atoms with E-state index in [0.29, 0.717) is 12.1 Å². The number of aryl methyl sites for hydroxylation is 1. The third-order valence-electron chi connectivity index (χ3n) is 3.15. The van der Waals surface area contributed by atoms with Crippen molar-refractivity contribution in [2.24, 2.45) is 14.1 Å². The standard InChI is InChI=1S/C14H18N4O2/c1-17-10-12(13(19)18(2)14(17)20)9-16-7-5-11-4-3-6-15-8-11/h3-4,6,8,10,16H,5,7,9H2,1-2H3. The summed E-state index contributed by atoms with van der Waals surface area (Å²) in [6.45, 7) is 1.19. The molecule has 0 saturated carbocycles. The smallest absolute Gasteiger partial charge is 0.312 e. The second kappa shape index (κ2) is 6.29. The van der Waals surface area contributed by atoms with Crippen LogP contribution in [-0.2, 0) is 27.1 Å². The van der Waals surface area contributed by atoms with E-state index in [4.69, 9.17) is 0 Å².